The molecule has 116 valence electrons. The van der Waals surface area contributed by atoms with E-state index in [0.29, 0.717) is 18.1 Å². The zero-order chi connectivity index (χ0) is 14.8. The topological polar surface area (TPSA) is 27.7 Å². The van der Waals surface area contributed by atoms with Gasteiger partial charge in [0, 0.05) is 50.4 Å². The lowest BCUT2D eigenvalue weighted by molar-refractivity contribution is -0.162. The van der Waals surface area contributed by atoms with Crippen LogP contribution in [0.2, 0.25) is 0 Å². The van der Waals surface area contributed by atoms with Gasteiger partial charge < -0.3 is 10.2 Å². The molecular formula is C17H27N3O. The fourth-order valence-corrected chi connectivity index (χ4v) is 3.20. The Morgan fingerprint density at radius 3 is 2.62 bits per heavy atom. The highest BCUT2D eigenvalue weighted by atomic mass is 16.7. The van der Waals surface area contributed by atoms with Crippen molar-refractivity contribution in [2.75, 3.05) is 31.1 Å². The first kappa shape index (κ1) is 14.8. The highest BCUT2D eigenvalue weighted by molar-refractivity contribution is 5.49. The van der Waals surface area contributed by atoms with Gasteiger partial charge >= 0.3 is 0 Å². The number of benzene rings is 1. The fraction of sp³-hybridized carbons (Fsp3) is 0.647. The second-order valence-corrected chi connectivity index (χ2v) is 6.39. The first-order chi connectivity index (χ1) is 10.1. The van der Waals surface area contributed by atoms with E-state index in [0.717, 1.165) is 32.7 Å². The lowest BCUT2D eigenvalue weighted by Gasteiger charge is -2.30. The minimum Gasteiger partial charge on any atom is -0.369 e. The van der Waals surface area contributed by atoms with Crippen LogP contribution in [-0.2, 0) is 11.4 Å². The standard InChI is InChI=1S/C17H27N3O/c1-13-14(2)20(21-15(13)3)12-16-5-4-6-17(11-16)19-9-7-18-8-10-19/h4-6,11,13-15,18H,7-10,12H2,1-3H3. The molecule has 2 fully saturated rings. The van der Waals surface area contributed by atoms with Crippen LogP contribution >= 0.6 is 0 Å². The summed E-state index contributed by atoms with van der Waals surface area (Å²) >= 11 is 0. The van der Waals surface area contributed by atoms with Gasteiger partial charge in [0.05, 0.1) is 6.10 Å². The molecule has 1 N–H and O–H groups in total. The fourth-order valence-electron chi connectivity index (χ4n) is 3.20. The molecule has 1 aromatic carbocycles. The van der Waals surface area contributed by atoms with Crippen LogP contribution in [0, 0.1) is 5.92 Å². The maximum Gasteiger partial charge on any atom is 0.0806 e. The molecule has 3 rings (SSSR count). The second kappa shape index (κ2) is 6.34. The molecule has 2 saturated heterocycles. The molecule has 0 radical (unpaired) electrons. The lowest BCUT2D eigenvalue weighted by Crippen LogP contribution is -2.43. The number of nitrogens with one attached hydrogen (secondary N) is 1. The molecule has 21 heavy (non-hydrogen) atoms. The van der Waals surface area contributed by atoms with Crippen LogP contribution in [0.15, 0.2) is 24.3 Å². The summed E-state index contributed by atoms with van der Waals surface area (Å²) in [6.45, 7) is 11.9. The number of nitrogens with zero attached hydrogens (tertiary/aromatic N) is 2. The molecule has 0 amide bonds. The molecular weight excluding hydrogens is 262 g/mol. The Hall–Kier alpha value is -1.10. The van der Waals surface area contributed by atoms with Crippen molar-refractivity contribution in [1.82, 2.24) is 10.4 Å². The van der Waals surface area contributed by atoms with E-state index >= 15 is 0 Å². The summed E-state index contributed by atoms with van der Waals surface area (Å²) < 4.78 is 0. The summed E-state index contributed by atoms with van der Waals surface area (Å²) in [5.74, 6) is 0.585. The summed E-state index contributed by atoms with van der Waals surface area (Å²) in [7, 11) is 0. The SMILES string of the molecule is CC1ON(Cc2cccc(N3CCNCC3)c2)C(C)C1C. The molecule has 2 aliphatic heterocycles. The van der Waals surface area contributed by atoms with Crippen molar-refractivity contribution in [3.05, 3.63) is 29.8 Å². The van der Waals surface area contributed by atoms with E-state index in [9.17, 15) is 0 Å². The van der Waals surface area contributed by atoms with Crippen LogP contribution in [0.5, 0.6) is 0 Å². The van der Waals surface area contributed by atoms with E-state index in [1.807, 2.05) is 0 Å². The molecule has 1 aromatic rings. The van der Waals surface area contributed by atoms with Crippen molar-refractivity contribution in [3.63, 3.8) is 0 Å². The van der Waals surface area contributed by atoms with Gasteiger partial charge in [-0.3, -0.25) is 4.84 Å². The minimum atomic E-state index is 0.316. The van der Waals surface area contributed by atoms with Crippen molar-refractivity contribution < 1.29 is 4.84 Å². The highest BCUT2D eigenvalue weighted by Crippen LogP contribution is 2.29. The van der Waals surface area contributed by atoms with Gasteiger partial charge in [-0.05, 0) is 31.5 Å². The Labute approximate surface area is 128 Å². The number of piperazine rings is 1. The molecule has 3 atom stereocenters. The third kappa shape index (κ3) is 3.23. The van der Waals surface area contributed by atoms with Crippen LogP contribution in [0.3, 0.4) is 0 Å². The molecule has 0 aliphatic carbocycles. The molecule has 0 saturated carbocycles. The zero-order valence-corrected chi connectivity index (χ0v) is 13.4. The molecule has 0 bridgehead atoms. The Balaban J connectivity index is 1.68. The molecule has 0 spiro atoms. The van der Waals surface area contributed by atoms with Crippen molar-refractivity contribution in [3.8, 4) is 0 Å². The van der Waals surface area contributed by atoms with Crippen LogP contribution in [-0.4, -0.2) is 43.4 Å². The molecule has 3 unspecified atom stereocenters. The van der Waals surface area contributed by atoms with Gasteiger partial charge in [0.15, 0.2) is 0 Å². The van der Waals surface area contributed by atoms with Crippen LogP contribution < -0.4 is 10.2 Å². The Kier molecular flexibility index (Phi) is 4.48. The molecule has 4 nitrogen and oxygen atoms in total. The van der Waals surface area contributed by atoms with Crippen LogP contribution in [0.4, 0.5) is 5.69 Å². The van der Waals surface area contributed by atoms with Crippen molar-refractivity contribution in [2.24, 2.45) is 5.92 Å². The van der Waals surface area contributed by atoms with Gasteiger partial charge in [0.2, 0.25) is 0 Å². The van der Waals surface area contributed by atoms with Gasteiger partial charge in [0.25, 0.3) is 0 Å². The van der Waals surface area contributed by atoms with E-state index in [2.05, 4.69) is 60.3 Å². The van der Waals surface area contributed by atoms with Gasteiger partial charge in [0.1, 0.15) is 0 Å². The van der Waals surface area contributed by atoms with E-state index in [-0.39, 0.29) is 0 Å². The van der Waals surface area contributed by atoms with Crippen LogP contribution in [0.25, 0.3) is 0 Å². The summed E-state index contributed by atoms with van der Waals surface area (Å²) in [4.78, 5) is 8.44. The quantitative estimate of drug-likeness (QED) is 0.924. The highest BCUT2D eigenvalue weighted by Gasteiger charge is 2.34. The predicted molar refractivity (Wildman–Crippen MR) is 86.2 cm³/mol. The maximum atomic E-state index is 5.98. The summed E-state index contributed by atoms with van der Waals surface area (Å²) in [6.07, 6.45) is 0.316. The third-order valence-electron chi connectivity index (χ3n) is 4.99. The Bertz CT molecular complexity index is 473. The Morgan fingerprint density at radius 2 is 1.95 bits per heavy atom. The lowest BCUT2D eigenvalue weighted by atomic mass is 9.99. The van der Waals surface area contributed by atoms with Crippen molar-refractivity contribution >= 4 is 5.69 Å². The number of hydrogen-bond donors (Lipinski definition) is 1. The number of anilines is 1. The number of hydroxylamine groups is 2. The van der Waals surface area contributed by atoms with Crippen molar-refractivity contribution in [2.45, 2.75) is 39.5 Å². The van der Waals surface area contributed by atoms with E-state index in [1.165, 1.54) is 11.3 Å². The summed E-state index contributed by atoms with van der Waals surface area (Å²) in [6, 6.07) is 9.38. The molecule has 2 aliphatic rings. The molecule has 2 heterocycles. The summed E-state index contributed by atoms with van der Waals surface area (Å²) in [5, 5.41) is 5.55. The second-order valence-electron chi connectivity index (χ2n) is 6.39. The number of hydrogen-bond acceptors (Lipinski definition) is 4. The first-order valence-corrected chi connectivity index (χ1v) is 8.13. The van der Waals surface area contributed by atoms with Gasteiger partial charge in [-0.2, -0.15) is 5.06 Å². The average molecular weight is 289 g/mol. The monoisotopic (exact) mass is 289 g/mol. The Morgan fingerprint density at radius 1 is 1.19 bits per heavy atom. The normalized spacial score (nSPS) is 30.8. The molecule has 4 heteroatoms. The van der Waals surface area contributed by atoms with Gasteiger partial charge in [-0.25, -0.2) is 0 Å². The average Bonchev–Trinajstić information content (AvgIpc) is 2.76. The number of rotatable bonds is 3. The van der Waals surface area contributed by atoms with E-state index in [1.54, 1.807) is 0 Å². The van der Waals surface area contributed by atoms with Crippen molar-refractivity contribution in [1.29, 1.82) is 0 Å². The zero-order valence-electron chi connectivity index (χ0n) is 13.4. The van der Waals surface area contributed by atoms with Gasteiger partial charge in [-0.15, -0.1) is 0 Å². The maximum absolute atomic E-state index is 5.98. The smallest absolute Gasteiger partial charge is 0.0806 e. The largest absolute Gasteiger partial charge is 0.369 e. The molecule has 0 aromatic heterocycles. The first-order valence-electron chi connectivity index (χ1n) is 8.13. The van der Waals surface area contributed by atoms with E-state index in [4.69, 9.17) is 4.84 Å². The predicted octanol–water partition coefficient (Wildman–Crippen LogP) is 2.26. The van der Waals surface area contributed by atoms with Gasteiger partial charge in [-0.1, -0.05) is 19.1 Å². The van der Waals surface area contributed by atoms with E-state index < -0.39 is 0 Å². The summed E-state index contributed by atoms with van der Waals surface area (Å²) in [5.41, 5.74) is 2.67. The third-order valence-corrected chi connectivity index (χ3v) is 4.99. The minimum absolute atomic E-state index is 0.316. The van der Waals surface area contributed by atoms with Crippen LogP contribution in [0.1, 0.15) is 26.3 Å².